The number of primary amides is 2. The monoisotopic (exact) mass is 298 g/mol. The molecule has 0 aliphatic rings. The number of carbonyl (C=O) groups excluding carboxylic acids is 2. The molecule has 0 radical (unpaired) electrons. The Balaban J connectivity index is 3.45. The molecule has 0 saturated carbocycles. The van der Waals surface area contributed by atoms with E-state index >= 15 is 0 Å². The summed E-state index contributed by atoms with van der Waals surface area (Å²) in [7, 11) is 0. The summed E-state index contributed by atoms with van der Waals surface area (Å²) in [5.41, 5.74) is 11.8. The van der Waals surface area contributed by atoms with Gasteiger partial charge in [-0.15, -0.1) is 0 Å². The number of nitrogens with one attached hydrogen (secondary N) is 1. The van der Waals surface area contributed by atoms with Crippen molar-refractivity contribution in [3.8, 4) is 0 Å². The van der Waals surface area contributed by atoms with Gasteiger partial charge in [-0.1, -0.05) is 0 Å². The van der Waals surface area contributed by atoms with Crippen molar-refractivity contribution in [2.75, 3.05) is 23.4 Å². The van der Waals surface area contributed by atoms with Crippen LogP contribution in [-0.2, 0) is 9.59 Å². The largest absolute Gasteiger partial charge is 0.368 e. The van der Waals surface area contributed by atoms with E-state index in [4.69, 9.17) is 17.3 Å². The molecular weight excluding hydrogens is 284 g/mol. The molecule has 7 N–H and O–H groups in total. The number of aromatic nitrogens is 2. The zero-order valence-electron chi connectivity index (χ0n) is 11.1. The molecule has 0 aromatic carbocycles. The SMILES string of the molecule is Cc1nc(NN)nc(N(CC(N)=O)CC(N)=O)c1[N+](=O)[O-]. The first-order chi connectivity index (χ1) is 9.76. The third-order valence-corrected chi connectivity index (χ3v) is 2.34. The fraction of sp³-hybridized carbons (Fsp3) is 0.333. The van der Waals surface area contributed by atoms with Crippen molar-refractivity contribution in [3.63, 3.8) is 0 Å². The van der Waals surface area contributed by atoms with Crippen LogP contribution in [0.3, 0.4) is 0 Å². The minimum atomic E-state index is -0.816. The Labute approximate surface area is 118 Å². The van der Waals surface area contributed by atoms with Gasteiger partial charge >= 0.3 is 5.69 Å². The molecule has 0 saturated heterocycles. The number of rotatable bonds is 7. The fourth-order valence-corrected chi connectivity index (χ4v) is 1.63. The van der Waals surface area contributed by atoms with E-state index in [9.17, 15) is 19.7 Å². The van der Waals surface area contributed by atoms with Crippen molar-refractivity contribution in [1.82, 2.24) is 9.97 Å². The number of anilines is 2. The summed E-state index contributed by atoms with van der Waals surface area (Å²) in [5.74, 6) is 3.14. The first-order valence-electron chi connectivity index (χ1n) is 5.57. The molecule has 114 valence electrons. The molecule has 1 rings (SSSR count). The van der Waals surface area contributed by atoms with Gasteiger partial charge in [-0.3, -0.25) is 25.1 Å². The van der Waals surface area contributed by atoms with E-state index in [0.717, 1.165) is 4.90 Å². The Morgan fingerprint density at radius 2 is 1.81 bits per heavy atom. The van der Waals surface area contributed by atoms with Crippen LogP contribution < -0.4 is 27.6 Å². The average molecular weight is 298 g/mol. The van der Waals surface area contributed by atoms with Gasteiger partial charge in [0.25, 0.3) is 0 Å². The molecule has 1 heterocycles. The summed E-state index contributed by atoms with van der Waals surface area (Å²) in [5, 5.41) is 11.1. The van der Waals surface area contributed by atoms with Gasteiger partial charge in [-0.2, -0.15) is 4.98 Å². The number of hydrogen-bond acceptors (Lipinski definition) is 9. The quantitative estimate of drug-likeness (QED) is 0.244. The maximum Gasteiger partial charge on any atom is 0.332 e. The Kier molecular flexibility index (Phi) is 4.91. The van der Waals surface area contributed by atoms with Crippen LogP contribution in [0.2, 0.25) is 0 Å². The lowest BCUT2D eigenvalue weighted by Gasteiger charge is -2.21. The molecule has 12 nitrogen and oxygen atoms in total. The molecule has 0 aliphatic carbocycles. The second-order valence-corrected chi connectivity index (χ2v) is 3.99. The van der Waals surface area contributed by atoms with Gasteiger partial charge in [0, 0.05) is 0 Å². The van der Waals surface area contributed by atoms with Crippen molar-refractivity contribution in [2.24, 2.45) is 17.3 Å². The Bertz CT molecular complexity index is 573. The highest BCUT2D eigenvalue weighted by molar-refractivity contribution is 5.85. The first-order valence-corrected chi connectivity index (χ1v) is 5.57. The minimum Gasteiger partial charge on any atom is -0.368 e. The van der Waals surface area contributed by atoms with Crippen molar-refractivity contribution < 1.29 is 14.5 Å². The first kappa shape index (κ1) is 16.0. The van der Waals surface area contributed by atoms with Crippen LogP contribution in [0.1, 0.15) is 5.69 Å². The molecular formula is C9H14N8O4. The molecule has 12 heteroatoms. The highest BCUT2D eigenvalue weighted by Crippen LogP contribution is 2.29. The Morgan fingerprint density at radius 3 is 2.19 bits per heavy atom. The highest BCUT2D eigenvalue weighted by atomic mass is 16.6. The lowest BCUT2D eigenvalue weighted by molar-refractivity contribution is -0.385. The lowest BCUT2D eigenvalue weighted by atomic mass is 10.3. The van der Waals surface area contributed by atoms with Crippen LogP contribution in [0.4, 0.5) is 17.5 Å². The number of carbonyl (C=O) groups is 2. The second-order valence-electron chi connectivity index (χ2n) is 3.99. The number of nitro groups is 1. The third-order valence-electron chi connectivity index (χ3n) is 2.34. The van der Waals surface area contributed by atoms with E-state index in [1.807, 2.05) is 0 Å². The summed E-state index contributed by atoms with van der Waals surface area (Å²) in [6, 6.07) is 0. The summed E-state index contributed by atoms with van der Waals surface area (Å²) in [6.45, 7) is 0.394. The summed E-state index contributed by atoms with van der Waals surface area (Å²) >= 11 is 0. The Morgan fingerprint density at radius 1 is 1.29 bits per heavy atom. The number of aryl methyl sites for hydroxylation is 1. The van der Waals surface area contributed by atoms with Crippen molar-refractivity contribution in [2.45, 2.75) is 6.92 Å². The van der Waals surface area contributed by atoms with Crippen LogP contribution in [0, 0.1) is 17.0 Å². The van der Waals surface area contributed by atoms with Gasteiger partial charge in [-0.05, 0) is 6.92 Å². The molecule has 21 heavy (non-hydrogen) atoms. The number of nitrogens with zero attached hydrogens (tertiary/aromatic N) is 4. The van der Waals surface area contributed by atoms with Gasteiger partial charge in [0.1, 0.15) is 5.69 Å². The van der Waals surface area contributed by atoms with Gasteiger partial charge in [0.2, 0.25) is 23.6 Å². The summed E-state index contributed by atoms with van der Waals surface area (Å²) < 4.78 is 0. The number of nitrogen functional groups attached to an aromatic ring is 1. The van der Waals surface area contributed by atoms with Crippen LogP contribution >= 0.6 is 0 Å². The average Bonchev–Trinajstić information content (AvgIpc) is 2.35. The maximum absolute atomic E-state index is 11.1. The van der Waals surface area contributed by atoms with Crippen molar-refractivity contribution in [1.29, 1.82) is 0 Å². The lowest BCUT2D eigenvalue weighted by Crippen LogP contribution is -2.40. The zero-order chi connectivity index (χ0) is 16.2. The number of nitrogens with two attached hydrogens (primary N) is 3. The zero-order valence-corrected chi connectivity index (χ0v) is 11.1. The molecule has 0 unspecified atom stereocenters. The van der Waals surface area contributed by atoms with E-state index in [1.54, 1.807) is 0 Å². The van der Waals surface area contributed by atoms with E-state index in [1.165, 1.54) is 6.92 Å². The van der Waals surface area contributed by atoms with Crippen LogP contribution in [0.5, 0.6) is 0 Å². The van der Waals surface area contributed by atoms with E-state index in [2.05, 4.69) is 15.4 Å². The molecule has 0 spiro atoms. The molecule has 0 bridgehead atoms. The number of amides is 2. The van der Waals surface area contributed by atoms with Gasteiger partial charge in [0.15, 0.2) is 0 Å². The standard InChI is InChI=1S/C9H14N8O4/c1-4-7(17(20)21)8(14-9(13-4)15-12)16(2-5(10)18)3-6(11)19/h2-3,12H2,1H3,(H2,10,18)(H2,11,19)(H,13,14,15). The molecule has 0 fully saturated rings. The molecule has 0 aliphatic heterocycles. The maximum atomic E-state index is 11.1. The summed E-state index contributed by atoms with van der Waals surface area (Å²) in [6.07, 6.45) is 0. The Hall–Kier alpha value is -3.02. The number of hydrazine groups is 1. The van der Waals surface area contributed by atoms with E-state index in [-0.39, 0.29) is 17.5 Å². The molecule has 2 amide bonds. The molecule has 1 aromatic rings. The normalized spacial score (nSPS) is 10.0. The smallest absolute Gasteiger partial charge is 0.332 e. The van der Waals surface area contributed by atoms with E-state index < -0.39 is 35.5 Å². The second kappa shape index (κ2) is 6.42. The topological polar surface area (TPSA) is 196 Å². The predicted molar refractivity (Wildman–Crippen MR) is 71.8 cm³/mol. The van der Waals surface area contributed by atoms with Gasteiger partial charge in [0.05, 0.1) is 18.0 Å². The van der Waals surface area contributed by atoms with Crippen molar-refractivity contribution >= 4 is 29.3 Å². The number of hydrogen-bond donors (Lipinski definition) is 4. The minimum absolute atomic E-state index is 0.00288. The van der Waals surface area contributed by atoms with Gasteiger partial charge < -0.3 is 16.4 Å². The van der Waals surface area contributed by atoms with Crippen LogP contribution in [0.15, 0.2) is 0 Å². The predicted octanol–water partition coefficient (Wildman–Crippen LogP) is -2.24. The third kappa shape index (κ3) is 3.97. The fourth-order valence-electron chi connectivity index (χ4n) is 1.63. The van der Waals surface area contributed by atoms with E-state index in [0.29, 0.717) is 0 Å². The van der Waals surface area contributed by atoms with Crippen LogP contribution in [-0.4, -0.2) is 39.8 Å². The van der Waals surface area contributed by atoms with Crippen LogP contribution in [0.25, 0.3) is 0 Å². The van der Waals surface area contributed by atoms with Crippen molar-refractivity contribution in [3.05, 3.63) is 15.8 Å². The highest BCUT2D eigenvalue weighted by Gasteiger charge is 2.28. The van der Waals surface area contributed by atoms with Gasteiger partial charge in [-0.25, -0.2) is 10.8 Å². The molecule has 0 atom stereocenters. The molecule has 1 aromatic heterocycles. The summed E-state index contributed by atoms with van der Waals surface area (Å²) in [4.78, 5) is 41.1.